The molecule has 0 aromatic carbocycles. The molecule has 0 aliphatic heterocycles. The highest BCUT2D eigenvalue weighted by atomic mass is 16.6. The van der Waals surface area contributed by atoms with Crippen LogP contribution in [-0.4, -0.2) is 64.6 Å². The van der Waals surface area contributed by atoms with E-state index in [4.69, 9.17) is 30.5 Å². The zero-order valence-corrected chi connectivity index (χ0v) is 9.52. The molecule has 0 amide bonds. The third-order valence-corrected chi connectivity index (χ3v) is 1.54. The summed E-state index contributed by atoms with van der Waals surface area (Å²) in [5.74, 6) is 2.37. The lowest BCUT2D eigenvalue weighted by molar-refractivity contribution is -0.00291. The van der Waals surface area contributed by atoms with Crippen molar-refractivity contribution in [3.63, 3.8) is 0 Å². The van der Waals surface area contributed by atoms with Gasteiger partial charge >= 0.3 is 0 Å². The summed E-state index contributed by atoms with van der Waals surface area (Å²) in [5, 5.41) is 8.42. The highest BCUT2D eigenvalue weighted by Crippen LogP contribution is 1.82. The molecule has 0 aromatic heterocycles. The normalized spacial score (nSPS) is 10.2. The molecular formula is C11H20O5. The number of hydrogen-bond acceptors (Lipinski definition) is 5. The van der Waals surface area contributed by atoms with Crippen molar-refractivity contribution in [3.05, 3.63) is 0 Å². The third kappa shape index (κ3) is 13.4. The predicted molar refractivity (Wildman–Crippen MR) is 59.2 cm³/mol. The van der Waals surface area contributed by atoms with E-state index in [1.165, 1.54) is 0 Å². The van der Waals surface area contributed by atoms with E-state index in [1.54, 1.807) is 0 Å². The molecule has 5 nitrogen and oxygen atoms in total. The Labute approximate surface area is 96.6 Å². The minimum Gasteiger partial charge on any atom is -0.394 e. The number of rotatable bonds is 12. The van der Waals surface area contributed by atoms with Crippen molar-refractivity contribution in [3.8, 4) is 12.3 Å². The van der Waals surface area contributed by atoms with Crippen LogP contribution in [0.15, 0.2) is 0 Å². The lowest BCUT2D eigenvalue weighted by Crippen LogP contribution is -2.12. The molecule has 5 heteroatoms. The lowest BCUT2D eigenvalue weighted by atomic mass is 10.7. The third-order valence-electron chi connectivity index (χ3n) is 1.54. The SMILES string of the molecule is C#CCOCCOCCOCCOCCO. The van der Waals surface area contributed by atoms with Crippen LogP contribution in [0.1, 0.15) is 0 Å². The number of aliphatic hydroxyl groups is 1. The molecule has 94 valence electrons. The van der Waals surface area contributed by atoms with E-state index in [2.05, 4.69) is 5.92 Å². The van der Waals surface area contributed by atoms with E-state index in [1.807, 2.05) is 0 Å². The highest BCUT2D eigenvalue weighted by molar-refractivity contribution is 4.82. The second-order valence-corrected chi connectivity index (χ2v) is 2.82. The molecule has 0 fully saturated rings. The Kier molecular flexibility index (Phi) is 13.8. The van der Waals surface area contributed by atoms with E-state index < -0.39 is 0 Å². The summed E-state index contributed by atoms with van der Waals surface area (Å²) < 4.78 is 20.4. The first-order chi connectivity index (χ1) is 7.91. The maximum Gasteiger partial charge on any atom is 0.107 e. The molecule has 0 aromatic rings. The fourth-order valence-corrected chi connectivity index (χ4v) is 0.855. The van der Waals surface area contributed by atoms with Gasteiger partial charge in [0.25, 0.3) is 0 Å². The van der Waals surface area contributed by atoms with E-state index in [0.717, 1.165) is 0 Å². The fourth-order valence-electron chi connectivity index (χ4n) is 0.855. The molecule has 16 heavy (non-hydrogen) atoms. The molecule has 0 saturated carbocycles. The van der Waals surface area contributed by atoms with E-state index in [9.17, 15) is 0 Å². The Hall–Kier alpha value is -0.640. The smallest absolute Gasteiger partial charge is 0.107 e. The van der Waals surface area contributed by atoms with Gasteiger partial charge in [-0.25, -0.2) is 0 Å². The molecule has 0 aliphatic rings. The van der Waals surface area contributed by atoms with Crippen LogP contribution in [-0.2, 0) is 18.9 Å². The quantitative estimate of drug-likeness (QED) is 0.369. The topological polar surface area (TPSA) is 57.2 Å². The van der Waals surface area contributed by atoms with Crippen molar-refractivity contribution in [1.82, 2.24) is 0 Å². The Bertz CT molecular complexity index is 166. The van der Waals surface area contributed by atoms with Crippen molar-refractivity contribution in [2.75, 3.05) is 59.5 Å². The summed E-state index contributed by atoms with van der Waals surface area (Å²) in [7, 11) is 0. The molecule has 0 heterocycles. The molecule has 0 atom stereocenters. The van der Waals surface area contributed by atoms with E-state index in [0.29, 0.717) is 52.9 Å². The van der Waals surface area contributed by atoms with Gasteiger partial charge in [-0.1, -0.05) is 5.92 Å². The fraction of sp³-hybridized carbons (Fsp3) is 0.818. The van der Waals surface area contributed by atoms with Gasteiger partial charge in [0, 0.05) is 0 Å². The molecule has 0 rings (SSSR count). The predicted octanol–water partition coefficient (Wildman–Crippen LogP) is -0.322. The summed E-state index contributed by atoms with van der Waals surface area (Å²) in [5.41, 5.74) is 0. The summed E-state index contributed by atoms with van der Waals surface area (Å²) in [6.45, 7) is 3.80. The van der Waals surface area contributed by atoms with Crippen LogP contribution in [0, 0.1) is 12.3 Å². The van der Waals surface area contributed by atoms with Crippen molar-refractivity contribution in [2.24, 2.45) is 0 Å². The standard InChI is InChI=1S/C11H20O5/c1-2-4-13-6-8-15-10-11-16-9-7-14-5-3-12/h1,12H,3-11H2. The zero-order valence-electron chi connectivity index (χ0n) is 9.52. The zero-order chi connectivity index (χ0) is 11.9. The van der Waals surface area contributed by atoms with Crippen LogP contribution in [0.5, 0.6) is 0 Å². The van der Waals surface area contributed by atoms with Crippen molar-refractivity contribution in [1.29, 1.82) is 0 Å². The monoisotopic (exact) mass is 232 g/mol. The molecule has 0 saturated heterocycles. The first-order valence-electron chi connectivity index (χ1n) is 5.27. The van der Waals surface area contributed by atoms with Gasteiger partial charge in [-0.15, -0.1) is 6.42 Å². The largest absolute Gasteiger partial charge is 0.394 e. The van der Waals surface area contributed by atoms with Gasteiger partial charge in [0.05, 0.1) is 52.9 Å². The minimum atomic E-state index is 0.0424. The first-order valence-corrected chi connectivity index (χ1v) is 5.27. The molecular weight excluding hydrogens is 212 g/mol. The summed E-state index contributed by atoms with van der Waals surface area (Å²) in [6.07, 6.45) is 5.00. The number of hydrogen-bond donors (Lipinski definition) is 1. The van der Waals surface area contributed by atoms with E-state index >= 15 is 0 Å². The van der Waals surface area contributed by atoms with Gasteiger partial charge in [0.1, 0.15) is 6.61 Å². The summed E-state index contributed by atoms with van der Waals surface area (Å²) in [4.78, 5) is 0. The van der Waals surface area contributed by atoms with Crippen LogP contribution >= 0.6 is 0 Å². The van der Waals surface area contributed by atoms with Gasteiger partial charge in [0.2, 0.25) is 0 Å². The van der Waals surface area contributed by atoms with Gasteiger partial charge < -0.3 is 24.1 Å². The van der Waals surface area contributed by atoms with Gasteiger partial charge in [0.15, 0.2) is 0 Å². The summed E-state index contributed by atoms with van der Waals surface area (Å²) >= 11 is 0. The Morgan fingerprint density at radius 1 is 0.750 bits per heavy atom. The van der Waals surface area contributed by atoms with Gasteiger partial charge in [-0.05, 0) is 0 Å². The van der Waals surface area contributed by atoms with E-state index in [-0.39, 0.29) is 6.61 Å². The van der Waals surface area contributed by atoms with Crippen LogP contribution in [0.2, 0.25) is 0 Å². The molecule has 0 bridgehead atoms. The van der Waals surface area contributed by atoms with Crippen molar-refractivity contribution < 1.29 is 24.1 Å². The molecule has 0 radical (unpaired) electrons. The second kappa shape index (κ2) is 14.4. The second-order valence-electron chi connectivity index (χ2n) is 2.82. The van der Waals surface area contributed by atoms with Crippen LogP contribution in [0.3, 0.4) is 0 Å². The van der Waals surface area contributed by atoms with Crippen molar-refractivity contribution >= 4 is 0 Å². The first kappa shape index (κ1) is 15.4. The highest BCUT2D eigenvalue weighted by Gasteiger charge is 1.91. The van der Waals surface area contributed by atoms with Gasteiger partial charge in [-0.3, -0.25) is 0 Å². The van der Waals surface area contributed by atoms with Crippen LogP contribution in [0.25, 0.3) is 0 Å². The molecule has 0 unspecified atom stereocenters. The maximum absolute atomic E-state index is 8.42. The van der Waals surface area contributed by atoms with Crippen LogP contribution < -0.4 is 0 Å². The minimum absolute atomic E-state index is 0.0424. The maximum atomic E-state index is 8.42. The molecule has 1 N–H and O–H groups in total. The number of terminal acetylenes is 1. The molecule has 0 spiro atoms. The van der Waals surface area contributed by atoms with Crippen LogP contribution in [0.4, 0.5) is 0 Å². The summed E-state index contributed by atoms with van der Waals surface area (Å²) in [6, 6.07) is 0. The lowest BCUT2D eigenvalue weighted by Gasteiger charge is -2.06. The Balaban J connectivity index is 2.86. The average Bonchev–Trinajstić information content (AvgIpc) is 2.31. The Morgan fingerprint density at radius 2 is 1.19 bits per heavy atom. The number of aliphatic hydroxyl groups excluding tert-OH is 1. The number of ether oxygens (including phenoxy) is 4. The van der Waals surface area contributed by atoms with Gasteiger partial charge in [-0.2, -0.15) is 0 Å². The van der Waals surface area contributed by atoms with Crippen molar-refractivity contribution in [2.45, 2.75) is 0 Å². The average molecular weight is 232 g/mol. The molecule has 0 aliphatic carbocycles. The Morgan fingerprint density at radius 3 is 1.62 bits per heavy atom.